The summed E-state index contributed by atoms with van der Waals surface area (Å²) in [6.07, 6.45) is 0.698. The third kappa shape index (κ3) is 2.28. The fourth-order valence-electron chi connectivity index (χ4n) is 3.43. The van der Waals surface area contributed by atoms with Crippen molar-refractivity contribution in [1.29, 1.82) is 0 Å². The van der Waals surface area contributed by atoms with E-state index in [1.807, 2.05) is 37.3 Å². The largest absolute Gasteiger partial charge is 0.497 e. The van der Waals surface area contributed by atoms with Gasteiger partial charge >= 0.3 is 5.97 Å². The number of benzene rings is 2. The molecule has 0 unspecified atom stereocenters. The Morgan fingerprint density at radius 1 is 1.08 bits per heavy atom. The highest BCUT2D eigenvalue weighted by molar-refractivity contribution is 5.81. The van der Waals surface area contributed by atoms with Gasteiger partial charge in [0.15, 0.2) is 11.5 Å². The Balaban J connectivity index is 1.84. The molecule has 4 rings (SSSR count). The maximum atomic E-state index is 12.5. The number of ether oxygens (including phenoxy) is 4. The fraction of sp³-hybridized carbons (Fsp3) is 0.316. The number of rotatable bonds is 3. The van der Waals surface area contributed by atoms with Gasteiger partial charge in [-0.1, -0.05) is 19.1 Å². The third-order valence-electron chi connectivity index (χ3n) is 4.67. The second-order valence-electron chi connectivity index (χ2n) is 5.93. The van der Waals surface area contributed by atoms with Crippen molar-refractivity contribution in [3.63, 3.8) is 0 Å². The summed E-state index contributed by atoms with van der Waals surface area (Å²) >= 11 is 0. The van der Waals surface area contributed by atoms with Crippen molar-refractivity contribution in [3.8, 4) is 23.0 Å². The monoisotopic (exact) mass is 326 g/mol. The highest BCUT2D eigenvalue weighted by Gasteiger charge is 2.39. The van der Waals surface area contributed by atoms with E-state index in [-0.39, 0.29) is 24.6 Å². The van der Waals surface area contributed by atoms with Crippen LogP contribution in [0.15, 0.2) is 36.4 Å². The van der Waals surface area contributed by atoms with Gasteiger partial charge in [0.25, 0.3) is 0 Å². The number of esters is 1. The molecule has 2 aromatic rings. The molecule has 5 heteroatoms. The summed E-state index contributed by atoms with van der Waals surface area (Å²) in [7, 11) is 1.64. The van der Waals surface area contributed by atoms with Crippen LogP contribution in [-0.2, 0) is 4.79 Å². The van der Waals surface area contributed by atoms with Crippen LogP contribution >= 0.6 is 0 Å². The van der Waals surface area contributed by atoms with Crippen LogP contribution in [0.5, 0.6) is 23.0 Å². The average Bonchev–Trinajstić information content (AvgIpc) is 3.06. The number of methoxy groups -OCH3 is 1. The lowest BCUT2D eigenvalue weighted by Gasteiger charge is -2.32. The number of carbonyl (C=O) groups is 1. The number of hydrogen-bond acceptors (Lipinski definition) is 5. The highest BCUT2D eigenvalue weighted by Crippen LogP contribution is 2.48. The van der Waals surface area contributed by atoms with Crippen molar-refractivity contribution in [1.82, 2.24) is 0 Å². The summed E-state index contributed by atoms with van der Waals surface area (Å²) in [5, 5.41) is 0. The zero-order valence-electron chi connectivity index (χ0n) is 13.6. The normalized spacial score (nSPS) is 21.2. The van der Waals surface area contributed by atoms with Crippen molar-refractivity contribution in [2.75, 3.05) is 13.9 Å². The van der Waals surface area contributed by atoms with Gasteiger partial charge in [-0.3, -0.25) is 4.79 Å². The molecule has 0 saturated carbocycles. The van der Waals surface area contributed by atoms with Crippen LogP contribution in [0.1, 0.15) is 30.4 Å². The van der Waals surface area contributed by atoms with Gasteiger partial charge in [-0.15, -0.1) is 0 Å². The van der Waals surface area contributed by atoms with Crippen molar-refractivity contribution >= 4 is 5.97 Å². The molecule has 2 atom stereocenters. The van der Waals surface area contributed by atoms with Crippen LogP contribution in [0.25, 0.3) is 0 Å². The minimum atomic E-state index is -0.230. The molecule has 0 fully saturated rings. The molecule has 2 heterocycles. The number of carbonyl (C=O) groups excluding carboxylic acids is 1. The first-order chi connectivity index (χ1) is 11.7. The van der Waals surface area contributed by atoms with Crippen molar-refractivity contribution in [2.24, 2.45) is 5.92 Å². The Bertz CT molecular complexity index is 781. The molecule has 0 N–H and O–H groups in total. The molecule has 5 nitrogen and oxygen atoms in total. The van der Waals surface area contributed by atoms with Crippen LogP contribution in [0, 0.1) is 5.92 Å². The van der Waals surface area contributed by atoms with E-state index in [9.17, 15) is 4.79 Å². The Morgan fingerprint density at radius 2 is 1.79 bits per heavy atom. The summed E-state index contributed by atoms with van der Waals surface area (Å²) in [4.78, 5) is 12.5. The molecule has 2 aliphatic heterocycles. The van der Waals surface area contributed by atoms with E-state index < -0.39 is 0 Å². The highest BCUT2D eigenvalue weighted by atomic mass is 16.7. The van der Waals surface area contributed by atoms with Gasteiger partial charge in [0.2, 0.25) is 6.79 Å². The predicted molar refractivity (Wildman–Crippen MR) is 86.8 cm³/mol. The van der Waals surface area contributed by atoms with Crippen LogP contribution < -0.4 is 18.9 Å². The third-order valence-corrected chi connectivity index (χ3v) is 4.67. The standard InChI is InChI=1S/C19H18O5/c1-3-13-18(11-4-6-12(21-2)7-5-11)14-8-16-17(23-10-22-16)9-15(14)24-19(13)20/h4-9,13,18H,3,10H2,1-2H3/t13-,18-/m0/s1. The summed E-state index contributed by atoms with van der Waals surface area (Å²) < 4.78 is 21.7. The molecule has 2 aliphatic rings. The second kappa shape index (κ2) is 5.74. The molecular weight excluding hydrogens is 308 g/mol. The predicted octanol–water partition coefficient (Wildman–Crippen LogP) is 3.50. The van der Waals surface area contributed by atoms with Gasteiger partial charge in [0.05, 0.1) is 13.0 Å². The molecule has 0 bridgehead atoms. The van der Waals surface area contributed by atoms with Crippen LogP contribution in [0.4, 0.5) is 0 Å². The number of fused-ring (bicyclic) bond motifs is 2. The molecule has 0 aliphatic carbocycles. The quantitative estimate of drug-likeness (QED) is 0.638. The zero-order chi connectivity index (χ0) is 16.7. The Morgan fingerprint density at radius 3 is 2.46 bits per heavy atom. The van der Waals surface area contributed by atoms with Gasteiger partial charge in [-0.25, -0.2) is 0 Å². The van der Waals surface area contributed by atoms with E-state index in [1.165, 1.54) is 0 Å². The Labute approximate surface area is 140 Å². The summed E-state index contributed by atoms with van der Waals surface area (Å²) in [5.74, 6) is 2.14. The lowest BCUT2D eigenvalue weighted by Crippen LogP contribution is -2.31. The first-order valence-electron chi connectivity index (χ1n) is 8.00. The second-order valence-corrected chi connectivity index (χ2v) is 5.93. The number of hydrogen-bond donors (Lipinski definition) is 0. The molecule has 0 aromatic heterocycles. The molecule has 0 saturated heterocycles. The maximum Gasteiger partial charge on any atom is 0.315 e. The minimum absolute atomic E-state index is 0.0772. The maximum absolute atomic E-state index is 12.5. The molecule has 124 valence electrons. The molecular formula is C19H18O5. The lowest BCUT2D eigenvalue weighted by molar-refractivity contribution is -0.140. The van der Waals surface area contributed by atoms with E-state index in [4.69, 9.17) is 18.9 Å². The Hall–Kier alpha value is -2.69. The molecule has 24 heavy (non-hydrogen) atoms. The van der Waals surface area contributed by atoms with E-state index in [0.29, 0.717) is 23.7 Å². The lowest BCUT2D eigenvalue weighted by atomic mass is 9.77. The molecule has 2 aromatic carbocycles. The average molecular weight is 326 g/mol. The van der Waals surface area contributed by atoms with Crippen molar-refractivity contribution in [2.45, 2.75) is 19.3 Å². The van der Waals surface area contributed by atoms with Crippen molar-refractivity contribution < 1.29 is 23.7 Å². The van der Waals surface area contributed by atoms with Gasteiger partial charge in [0, 0.05) is 17.5 Å². The molecule has 0 radical (unpaired) electrons. The van der Waals surface area contributed by atoms with E-state index >= 15 is 0 Å². The molecule has 0 amide bonds. The minimum Gasteiger partial charge on any atom is -0.497 e. The van der Waals surface area contributed by atoms with Crippen molar-refractivity contribution in [3.05, 3.63) is 47.5 Å². The van der Waals surface area contributed by atoms with Gasteiger partial charge in [-0.2, -0.15) is 0 Å². The van der Waals surface area contributed by atoms with Gasteiger partial charge < -0.3 is 18.9 Å². The first-order valence-corrected chi connectivity index (χ1v) is 8.00. The Kier molecular flexibility index (Phi) is 3.56. The van der Waals surface area contributed by atoms with Crippen LogP contribution in [0.2, 0.25) is 0 Å². The summed E-state index contributed by atoms with van der Waals surface area (Å²) in [6.45, 7) is 2.19. The zero-order valence-corrected chi connectivity index (χ0v) is 13.6. The van der Waals surface area contributed by atoms with E-state index in [0.717, 1.165) is 16.9 Å². The summed E-state index contributed by atoms with van der Waals surface area (Å²) in [5.41, 5.74) is 2.01. The molecule has 0 spiro atoms. The topological polar surface area (TPSA) is 54.0 Å². The van der Waals surface area contributed by atoms with E-state index in [2.05, 4.69) is 0 Å². The smallest absolute Gasteiger partial charge is 0.315 e. The van der Waals surface area contributed by atoms with Crippen LogP contribution in [0.3, 0.4) is 0 Å². The van der Waals surface area contributed by atoms with E-state index in [1.54, 1.807) is 13.2 Å². The fourth-order valence-corrected chi connectivity index (χ4v) is 3.43. The first kappa shape index (κ1) is 14.9. The van der Waals surface area contributed by atoms with Gasteiger partial charge in [-0.05, 0) is 30.2 Å². The van der Waals surface area contributed by atoms with Crippen LogP contribution in [-0.4, -0.2) is 19.9 Å². The SMILES string of the molecule is CC[C@@H]1C(=O)Oc2cc3c(cc2[C@H]1c1ccc(OC)cc1)OCO3. The van der Waals surface area contributed by atoms with Gasteiger partial charge in [0.1, 0.15) is 11.5 Å². The summed E-state index contributed by atoms with van der Waals surface area (Å²) in [6, 6.07) is 11.5.